The number of benzene rings is 5. The van der Waals surface area contributed by atoms with E-state index in [-0.39, 0.29) is 0 Å². The SMILES string of the molecule is Cc1ccc([SiH]2OC(c3ccc(C)cc3)(c3ccc(C)cc3)C[Si](c3ccc(C)cc3)(c3ccc(C)cc3)[SiH2]2)cc1. The summed E-state index contributed by atoms with van der Waals surface area (Å²) >= 11 is 0. The Bertz CT molecular complexity index is 1430. The molecular formula is C37H40OSi3. The Morgan fingerprint density at radius 2 is 0.854 bits per heavy atom. The molecule has 0 bridgehead atoms. The lowest BCUT2D eigenvalue weighted by molar-refractivity contribution is 0.136. The maximum Gasteiger partial charge on any atom is 0.187 e. The molecule has 0 aliphatic carbocycles. The Kier molecular flexibility index (Phi) is 7.60. The number of hydrogen-bond acceptors (Lipinski definition) is 1. The molecule has 5 aromatic carbocycles. The van der Waals surface area contributed by atoms with Gasteiger partial charge in [-0.05, 0) is 57.0 Å². The maximum absolute atomic E-state index is 7.73. The van der Waals surface area contributed by atoms with Crippen molar-refractivity contribution >= 4 is 40.3 Å². The predicted octanol–water partition coefficient (Wildman–Crippen LogP) is 5.56. The molecule has 0 amide bonds. The van der Waals surface area contributed by atoms with E-state index >= 15 is 0 Å². The molecule has 206 valence electrons. The fourth-order valence-electron chi connectivity index (χ4n) is 6.61. The van der Waals surface area contributed by atoms with E-state index in [4.69, 9.17) is 4.43 Å². The average molecular weight is 585 g/mol. The highest BCUT2D eigenvalue weighted by atomic mass is 29.6. The van der Waals surface area contributed by atoms with Gasteiger partial charge in [0.15, 0.2) is 8.56 Å². The summed E-state index contributed by atoms with van der Waals surface area (Å²) in [4.78, 5) is 0. The van der Waals surface area contributed by atoms with Gasteiger partial charge in [-0.3, -0.25) is 0 Å². The Hall–Kier alpha value is -3.29. The third-order valence-electron chi connectivity index (χ3n) is 9.12. The highest BCUT2D eigenvalue weighted by Crippen LogP contribution is 2.44. The van der Waals surface area contributed by atoms with E-state index in [9.17, 15) is 0 Å². The summed E-state index contributed by atoms with van der Waals surface area (Å²) in [5.41, 5.74) is 8.62. The van der Waals surface area contributed by atoms with Gasteiger partial charge in [0.05, 0.1) is 8.55 Å². The van der Waals surface area contributed by atoms with Crippen LogP contribution in [-0.4, -0.2) is 24.7 Å². The number of aryl methyl sites for hydroxylation is 5. The zero-order chi connectivity index (χ0) is 28.6. The van der Waals surface area contributed by atoms with Gasteiger partial charge in [-0.15, -0.1) is 0 Å². The van der Waals surface area contributed by atoms with E-state index in [0.29, 0.717) is 0 Å². The molecular weight excluding hydrogens is 545 g/mol. The molecule has 6 rings (SSSR count). The summed E-state index contributed by atoms with van der Waals surface area (Å²) in [6, 6.07) is 48.0. The predicted molar refractivity (Wildman–Crippen MR) is 183 cm³/mol. The van der Waals surface area contributed by atoms with E-state index in [0.717, 1.165) is 6.04 Å². The Morgan fingerprint density at radius 3 is 1.24 bits per heavy atom. The molecule has 4 heteroatoms. The van der Waals surface area contributed by atoms with Crippen molar-refractivity contribution in [1.82, 2.24) is 0 Å². The van der Waals surface area contributed by atoms with Crippen molar-refractivity contribution in [1.29, 1.82) is 0 Å². The van der Waals surface area contributed by atoms with Gasteiger partial charge in [0, 0.05) is 0 Å². The summed E-state index contributed by atoms with van der Waals surface area (Å²) in [7, 11) is -4.62. The third kappa shape index (κ3) is 5.38. The first-order valence-electron chi connectivity index (χ1n) is 14.8. The zero-order valence-corrected chi connectivity index (χ0v) is 28.5. The van der Waals surface area contributed by atoms with Crippen LogP contribution in [0.3, 0.4) is 0 Å². The fraction of sp³-hybridized carbons (Fsp3) is 0.189. The van der Waals surface area contributed by atoms with Gasteiger partial charge in [-0.1, -0.05) is 160 Å². The lowest BCUT2D eigenvalue weighted by Gasteiger charge is -2.51. The van der Waals surface area contributed by atoms with Crippen LogP contribution < -0.4 is 15.6 Å². The minimum atomic E-state index is -2.19. The molecule has 1 saturated heterocycles. The van der Waals surface area contributed by atoms with Crippen molar-refractivity contribution in [3.8, 4) is 0 Å². The smallest absolute Gasteiger partial charge is 0.187 e. The highest BCUT2D eigenvalue weighted by molar-refractivity contribution is 7.56. The lowest BCUT2D eigenvalue weighted by atomic mass is 9.87. The van der Waals surface area contributed by atoms with E-state index in [1.165, 1.54) is 44.1 Å². The molecule has 0 saturated carbocycles. The zero-order valence-electron chi connectivity index (χ0n) is 24.9. The summed E-state index contributed by atoms with van der Waals surface area (Å²) in [6.07, 6.45) is 0. The number of rotatable bonds is 5. The van der Waals surface area contributed by atoms with E-state index in [1.54, 1.807) is 10.4 Å². The topological polar surface area (TPSA) is 9.23 Å². The second-order valence-corrected chi connectivity index (χ2v) is 29.0. The number of hydrogen-bond donors (Lipinski definition) is 0. The van der Waals surface area contributed by atoms with Gasteiger partial charge in [0.1, 0.15) is 13.2 Å². The highest BCUT2D eigenvalue weighted by Gasteiger charge is 2.55. The van der Waals surface area contributed by atoms with Gasteiger partial charge >= 0.3 is 0 Å². The van der Waals surface area contributed by atoms with Crippen LogP contribution >= 0.6 is 0 Å². The standard InChI is InChI=1S/C37H40OSi3/c1-27-6-16-32(17-7-27)37(33-18-8-28(2)9-19-33)26-41(35-22-12-30(4)13-23-35,36-24-14-31(5)15-25-36)39-40(38-37)34-20-10-29(3)11-21-34/h6-25,40H,26,39H2,1-5H3. The van der Waals surface area contributed by atoms with Crippen LogP contribution in [0.5, 0.6) is 0 Å². The second-order valence-electron chi connectivity index (χ2n) is 12.3. The van der Waals surface area contributed by atoms with Crippen LogP contribution in [0.4, 0.5) is 0 Å². The van der Waals surface area contributed by atoms with E-state index in [1.807, 2.05) is 0 Å². The van der Waals surface area contributed by atoms with Crippen molar-refractivity contribution in [3.05, 3.63) is 160 Å². The summed E-state index contributed by atoms with van der Waals surface area (Å²) < 4.78 is 7.73. The Labute approximate surface area is 250 Å². The van der Waals surface area contributed by atoms with Crippen molar-refractivity contribution in [2.45, 2.75) is 46.3 Å². The minimum absolute atomic E-state index is 0.490. The molecule has 1 atom stereocenters. The molecule has 41 heavy (non-hydrogen) atoms. The van der Waals surface area contributed by atoms with Crippen molar-refractivity contribution in [2.24, 2.45) is 0 Å². The van der Waals surface area contributed by atoms with Gasteiger partial charge in [-0.2, -0.15) is 0 Å². The quantitative estimate of drug-likeness (QED) is 0.246. The first-order valence-corrected chi connectivity index (χ1v) is 23.7. The summed E-state index contributed by atoms with van der Waals surface area (Å²) in [6.45, 7) is 11.0. The average Bonchev–Trinajstić information content (AvgIpc) is 2.98. The first-order chi connectivity index (χ1) is 19.8. The molecule has 1 fully saturated rings. The lowest BCUT2D eigenvalue weighted by Crippen LogP contribution is -2.75. The third-order valence-corrected chi connectivity index (χ3v) is 33.9. The van der Waals surface area contributed by atoms with Crippen molar-refractivity contribution in [2.75, 3.05) is 0 Å². The fourth-order valence-corrected chi connectivity index (χ4v) is 36.6. The summed E-state index contributed by atoms with van der Waals surface area (Å²) in [5, 5.41) is 4.62. The molecule has 0 spiro atoms. The largest absolute Gasteiger partial charge is 0.406 e. The van der Waals surface area contributed by atoms with Gasteiger partial charge in [0.2, 0.25) is 0 Å². The van der Waals surface area contributed by atoms with Crippen LogP contribution in [0, 0.1) is 34.6 Å². The molecule has 1 aliphatic heterocycles. The molecule has 1 aliphatic rings. The summed E-state index contributed by atoms with van der Waals surface area (Å²) in [5.74, 6) is 0. The molecule has 0 radical (unpaired) electrons. The van der Waals surface area contributed by atoms with E-state index in [2.05, 4.69) is 156 Å². The van der Waals surface area contributed by atoms with Gasteiger partial charge < -0.3 is 4.43 Å². The van der Waals surface area contributed by atoms with E-state index < -0.39 is 30.3 Å². The van der Waals surface area contributed by atoms with Crippen LogP contribution in [0.2, 0.25) is 6.04 Å². The van der Waals surface area contributed by atoms with Crippen LogP contribution in [0.25, 0.3) is 0 Å². The van der Waals surface area contributed by atoms with Crippen molar-refractivity contribution in [3.63, 3.8) is 0 Å². The van der Waals surface area contributed by atoms with Crippen LogP contribution in [0.15, 0.2) is 121 Å². The monoisotopic (exact) mass is 584 g/mol. The Balaban J connectivity index is 1.67. The molecule has 1 nitrogen and oxygen atoms in total. The molecule has 0 N–H and O–H groups in total. The second kappa shape index (κ2) is 11.2. The minimum Gasteiger partial charge on any atom is -0.406 e. The Morgan fingerprint density at radius 1 is 0.512 bits per heavy atom. The first kappa shape index (κ1) is 27.9. The van der Waals surface area contributed by atoms with Gasteiger partial charge in [-0.25, -0.2) is 0 Å². The normalized spacial score (nSPS) is 18.3. The molecule has 1 unspecified atom stereocenters. The van der Waals surface area contributed by atoms with Crippen LogP contribution in [0.1, 0.15) is 38.9 Å². The van der Waals surface area contributed by atoms with Crippen LogP contribution in [-0.2, 0) is 10.0 Å². The van der Waals surface area contributed by atoms with Gasteiger partial charge in [0.25, 0.3) is 0 Å². The molecule has 1 heterocycles. The maximum atomic E-state index is 7.73. The molecule has 5 aromatic rings. The van der Waals surface area contributed by atoms with Crippen molar-refractivity contribution < 1.29 is 4.43 Å². The molecule has 0 aromatic heterocycles.